The predicted molar refractivity (Wildman–Crippen MR) is 84.6 cm³/mol. The Balaban J connectivity index is 1.94. The van der Waals surface area contributed by atoms with Crippen molar-refractivity contribution in [3.8, 4) is 0 Å². The molecule has 6 nitrogen and oxygen atoms in total. The number of hydrogen-bond acceptors (Lipinski definition) is 4. The summed E-state index contributed by atoms with van der Waals surface area (Å²) in [4.78, 5) is 14.5. The number of H-pyrrole nitrogens is 1. The lowest BCUT2D eigenvalue weighted by molar-refractivity contribution is 0.0594. The molecule has 0 bridgehead atoms. The Bertz CT molecular complexity index is 855. The van der Waals surface area contributed by atoms with Crippen molar-refractivity contribution >= 4 is 16.0 Å². The molecule has 3 rings (SSSR count). The van der Waals surface area contributed by atoms with E-state index in [-0.39, 0.29) is 10.6 Å². The third kappa shape index (κ3) is 2.77. The zero-order valence-corrected chi connectivity index (χ0v) is 13.8. The molecule has 0 atom stereocenters. The van der Waals surface area contributed by atoms with Gasteiger partial charge in [0.15, 0.2) is 0 Å². The highest BCUT2D eigenvalue weighted by molar-refractivity contribution is 7.89. The number of ether oxygens (including phenoxy) is 1. The fourth-order valence-electron chi connectivity index (χ4n) is 2.84. The Morgan fingerprint density at radius 2 is 1.96 bits per heavy atom. The second-order valence-electron chi connectivity index (χ2n) is 5.52. The summed E-state index contributed by atoms with van der Waals surface area (Å²) in [6, 6.07) is 9.18. The van der Waals surface area contributed by atoms with Gasteiger partial charge < -0.3 is 9.72 Å². The minimum Gasteiger partial charge on any atom is -0.464 e. The van der Waals surface area contributed by atoms with Crippen LogP contribution in [0.3, 0.4) is 0 Å². The maximum atomic E-state index is 12.9. The van der Waals surface area contributed by atoms with Gasteiger partial charge in [-0.25, -0.2) is 13.2 Å². The van der Waals surface area contributed by atoms with E-state index >= 15 is 0 Å². The molecule has 0 radical (unpaired) electrons. The largest absolute Gasteiger partial charge is 0.464 e. The summed E-state index contributed by atoms with van der Waals surface area (Å²) in [5.41, 5.74) is 2.77. The number of methoxy groups -OCH3 is 1. The molecule has 1 aromatic carbocycles. The van der Waals surface area contributed by atoms with Crippen LogP contribution < -0.4 is 0 Å². The third-order valence-corrected chi connectivity index (χ3v) is 6.06. The van der Waals surface area contributed by atoms with Crippen molar-refractivity contribution in [3.05, 3.63) is 52.8 Å². The number of carbonyl (C=O) groups is 1. The Hall–Kier alpha value is -2.12. The topological polar surface area (TPSA) is 79.5 Å². The van der Waals surface area contributed by atoms with Crippen molar-refractivity contribution in [1.82, 2.24) is 9.29 Å². The van der Waals surface area contributed by atoms with Gasteiger partial charge in [0.2, 0.25) is 10.0 Å². The summed E-state index contributed by atoms with van der Waals surface area (Å²) in [7, 11) is -2.40. The molecule has 1 aliphatic heterocycles. The van der Waals surface area contributed by atoms with Gasteiger partial charge in [0, 0.05) is 18.8 Å². The van der Waals surface area contributed by atoms with Gasteiger partial charge in [0.1, 0.15) is 10.6 Å². The maximum Gasteiger partial charge on any atom is 0.354 e. The van der Waals surface area contributed by atoms with Crippen molar-refractivity contribution in [2.24, 2.45) is 0 Å². The van der Waals surface area contributed by atoms with Gasteiger partial charge in [0.05, 0.1) is 7.11 Å². The SMILES string of the molecule is COC(=O)c1cc(S(=O)(=O)N2CCc3ccccc3C2)c(C)[nH]1. The molecule has 2 aromatic rings. The van der Waals surface area contributed by atoms with E-state index < -0.39 is 16.0 Å². The highest BCUT2D eigenvalue weighted by atomic mass is 32.2. The Labute approximate surface area is 135 Å². The predicted octanol–water partition coefficient (Wildman–Crippen LogP) is 1.86. The van der Waals surface area contributed by atoms with E-state index in [1.54, 1.807) is 6.92 Å². The minimum atomic E-state index is -3.66. The highest BCUT2D eigenvalue weighted by Crippen LogP contribution is 2.27. The first-order valence-corrected chi connectivity index (χ1v) is 8.72. The van der Waals surface area contributed by atoms with E-state index in [0.717, 1.165) is 5.56 Å². The fraction of sp³-hybridized carbons (Fsp3) is 0.312. The van der Waals surface area contributed by atoms with Crippen molar-refractivity contribution in [3.63, 3.8) is 0 Å². The highest BCUT2D eigenvalue weighted by Gasteiger charge is 2.31. The van der Waals surface area contributed by atoms with Crippen LogP contribution in [-0.4, -0.2) is 37.3 Å². The number of aromatic amines is 1. The van der Waals surface area contributed by atoms with Gasteiger partial charge >= 0.3 is 5.97 Å². The molecule has 0 unspecified atom stereocenters. The number of hydrogen-bond donors (Lipinski definition) is 1. The van der Waals surface area contributed by atoms with Crippen LogP contribution in [0.4, 0.5) is 0 Å². The monoisotopic (exact) mass is 334 g/mol. The third-order valence-electron chi connectivity index (χ3n) is 4.09. The number of carbonyl (C=O) groups excluding carboxylic acids is 1. The molecular weight excluding hydrogens is 316 g/mol. The molecule has 0 aliphatic carbocycles. The van der Waals surface area contributed by atoms with Crippen molar-refractivity contribution in [2.75, 3.05) is 13.7 Å². The Morgan fingerprint density at radius 1 is 1.26 bits per heavy atom. The van der Waals surface area contributed by atoms with Crippen LogP contribution in [0.2, 0.25) is 0 Å². The molecule has 0 saturated carbocycles. The molecule has 23 heavy (non-hydrogen) atoms. The standard InChI is InChI=1S/C16H18N2O4S/c1-11-15(9-14(17-11)16(19)22-2)23(20,21)18-8-7-12-5-3-4-6-13(12)10-18/h3-6,9,17H,7-8,10H2,1-2H3. The normalized spacial score (nSPS) is 15.2. The van der Waals surface area contributed by atoms with Gasteiger partial charge in [-0.15, -0.1) is 0 Å². The Kier molecular flexibility index (Phi) is 3.99. The van der Waals surface area contributed by atoms with E-state index in [1.807, 2.05) is 24.3 Å². The smallest absolute Gasteiger partial charge is 0.354 e. The van der Waals surface area contributed by atoms with Crippen molar-refractivity contribution in [2.45, 2.75) is 24.8 Å². The second-order valence-corrected chi connectivity index (χ2v) is 7.43. The number of esters is 1. The zero-order valence-electron chi connectivity index (χ0n) is 13.0. The van der Waals surface area contributed by atoms with Gasteiger partial charge in [-0.2, -0.15) is 4.31 Å². The van der Waals surface area contributed by atoms with Crippen LogP contribution in [-0.2, 0) is 27.7 Å². The number of fused-ring (bicyclic) bond motifs is 1. The van der Waals surface area contributed by atoms with Gasteiger partial charge in [0.25, 0.3) is 0 Å². The number of rotatable bonds is 3. The molecule has 0 fully saturated rings. The number of aromatic nitrogens is 1. The summed E-state index contributed by atoms with van der Waals surface area (Å²) in [6.07, 6.45) is 0.683. The van der Waals surface area contributed by atoms with Crippen LogP contribution in [0.15, 0.2) is 35.2 Å². The Morgan fingerprint density at radius 3 is 2.65 bits per heavy atom. The van der Waals surface area contributed by atoms with Crippen LogP contribution in [0.5, 0.6) is 0 Å². The van der Waals surface area contributed by atoms with Crippen LogP contribution in [0.25, 0.3) is 0 Å². The number of aryl methyl sites for hydroxylation is 1. The molecule has 1 aliphatic rings. The average molecular weight is 334 g/mol. The summed E-state index contributed by atoms with van der Waals surface area (Å²) >= 11 is 0. The molecular formula is C16H18N2O4S. The molecule has 0 amide bonds. The van der Waals surface area contributed by atoms with Crippen LogP contribution in [0.1, 0.15) is 27.3 Å². The molecule has 7 heteroatoms. The van der Waals surface area contributed by atoms with Crippen molar-refractivity contribution in [1.29, 1.82) is 0 Å². The van der Waals surface area contributed by atoms with Gasteiger partial charge in [-0.1, -0.05) is 24.3 Å². The zero-order chi connectivity index (χ0) is 16.6. The van der Waals surface area contributed by atoms with Crippen molar-refractivity contribution < 1.29 is 17.9 Å². The van der Waals surface area contributed by atoms with E-state index in [0.29, 0.717) is 25.2 Å². The first-order chi connectivity index (χ1) is 10.9. The van der Waals surface area contributed by atoms with Crippen LogP contribution >= 0.6 is 0 Å². The van der Waals surface area contributed by atoms with Gasteiger partial charge in [-0.05, 0) is 30.5 Å². The first-order valence-electron chi connectivity index (χ1n) is 7.28. The lowest BCUT2D eigenvalue weighted by Crippen LogP contribution is -2.36. The number of benzene rings is 1. The van der Waals surface area contributed by atoms with E-state index in [2.05, 4.69) is 9.72 Å². The van der Waals surface area contributed by atoms with Crippen LogP contribution in [0, 0.1) is 6.92 Å². The lowest BCUT2D eigenvalue weighted by atomic mass is 10.0. The fourth-order valence-corrected chi connectivity index (χ4v) is 4.46. The minimum absolute atomic E-state index is 0.122. The summed E-state index contributed by atoms with van der Waals surface area (Å²) < 4.78 is 31.9. The van der Waals surface area contributed by atoms with E-state index in [9.17, 15) is 13.2 Å². The quantitative estimate of drug-likeness (QED) is 0.869. The number of sulfonamides is 1. The molecule has 1 aromatic heterocycles. The van der Waals surface area contributed by atoms with E-state index in [4.69, 9.17) is 0 Å². The first kappa shape index (κ1) is 15.8. The molecule has 122 valence electrons. The molecule has 0 saturated heterocycles. The summed E-state index contributed by atoms with van der Waals surface area (Å²) in [5, 5.41) is 0. The van der Waals surface area contributed by atoms with E-state index in [1.165, 1.54) is 23.0 Å². The maximum absolute atomic E-state index is 12.9. The number of nitrogens with one attached hydrogen (secondary N) is 1. The summed E-state index contributed by atoms with van der Waals surface area (Å²) in [5.74, 6) is -0.585. The summed E-state index contributed by atoms with van der Waals surface area (Å²) in [6.45, 7) is 2.41. The second kappa shape index (κ2) is 5.82. The average Bonchev–Trinajstić information content (AvgIpc) is 2.96. The lowest BCUT2D eigenvalue weighted by Gasteiger charge is -2.27. The number of nitrogens with zero attached hydrogens (tertiary/aromatic N) is 1. The van der Waals surface area contributed by atoms with Gasteiger partial charge in [-0.3, -0.25) is 0 Å². The molecule has 2 heterocycles. The molecule has 1 N–H and O–H groups in total. The molecule has 0 spiro atoms.